The van der Waals surface area contributed by atoms with E-state index in [2.05, 4.69) is 31.6 Å². The van der Waals surface area contributed by atoms with Crippen molar-refractivity contribution in [2.75, 3.05) is 37.9 Å². The predicted molar refractivity (Wildman–Crippen MR) is 163 cm³/mol. The highest BCUT2D eigenvalue weighted by atomic mass is 16.5. The third-order valence-corrected chi connectivity index (χ3v) is 6.46. The molecule has 16 heteroatoms. The van der Waals surface area contributed by atoms with Gasteiger partial charge in [0, 0.05) is 18.2 Å². The number of nitrogens with zero attached hydrogens (tertiary/aromatic N) is 2. The van der Waals surface area contributed by atoms with Gasteiger partial charge in [0.05, 0.1) is 44.0 Å². The molecule has 0 fully saturated rings. The fourth-order valence-electron chi connectivity index (χ4n) is 4.20. The summed E-state index contributed by atoms with van der Waals surface area (Å²) in [5.41, 5.74) is 6.71. The Hall–Kier alpha value is -5.64. The first-order chi connectivity index (χ1) is 22.0. The zero-order chi connectivity index (χ0) is 33.5. The van der Waals surface area contributed by atoms with E-state index in [1.807, 2.05) is 6.92 Å². The van der Waals surface area contributed by atoms with E-state index in [4.69, 9.17) is 10.5 Å². The van der Waals surface area contributed by atoms with Crippen molar-refractivity contribution in [3.8, 4) is 0 Å². The second-order valence-electron chi connectivity index (χ2n) is 10.1. The van der Waals surface area contributed by atoms with E-state index in [0.717, 1.165) is 5.56 Å². The highest BCUT2D eigenvalue weighted by Gasteiger charge is 2.24. The number of aromatic nitrogens is 1. The van der Waals surface area contributed by atoms with Crippen molar-refractivity contribution in [3.63, 3.8) is 0 Å². The van der Waals surface area contributed by atoms with Crippen molar-refractivity contribution in [2.45, 2.75) is 31.8 Å². The lowest BCUT2D eigenvalue weighted by Gasteiger charge is -2.21. The molecule has 0 saturated heterocycles. The second-order valence-corrected chi connectivity index (χ2v) is 10.1. The molecule has 3 rings (SSSR count). The standard InChI is InChI=1S/C30H36N8O8/c1-19-7-10-29(44)38(19)22-9-8-21(32-13-22)12-25(40)33-14-26(41)34-16-28(43)37-23(11-20-5-3-2-4-6-20)30(45)35-15-27(42)36-18-46-17-24(31)39/h2-10,13,19,23H,11-12,14-18H2,1H3,(H2,31,39)(H,33,40)(H,34,41)(H,35,45)(H,36,42)(H,37,43)/t19?,23-/m0/s1. The highest BCUT2D eigenvalue weighted by Crippen LogP contribution is 2.21. The van der Waals surface area contributed by atoms with Gasteiger partial charge in [0.1, 0.15) is 19.4 Å². The Balaban J connectivity index is 1.42. The molecule has 0 spiro atoms. The number of benzene rings is 1. The van der Waals surface area contributed by atoms with Crippen molar-refractivity contribution in [3.05, 3.63) is 72.1 Å². The molecule has 244 valence electrons. The molecule has 7 N–H and O–H groups in total. The summed E-state index contributed by atoms with van der Waals surface area (Å²) in [5, 5.41) is 12.1. The summed E-state index contributed by atoms with van der Waals surface area (Å²) >= 11 is 0. The minimum atomic E-state index is -1.08. The lowest BCUT2D eigenvalue weighted by Crippen LogP contribution is -2.52. The van der Waals surface area contributed by atoms with Crippen LogP contribution in [0.1, 0.15) is 18.2 Å². The molecule has 2 atom stereocenters. The van der Waals surface area contributed by atoms with E-state index in [0.29, 0.717) is 11.4 Å². The van der Waals surface area contributed by atoms with Gasteiger partial charge in [-0.1, -0.05) is 36.4 Å². The smallest absolute Gasteiger partial charge is 0.251 e. The predicted octanol–water partition coefficient (Wildman–Crippen LogP) is -2.43. The molecular weight excluding hydrogens is 600 g/mol. The van der Waals surface area contributed by atoms with Gasteiger partial charge in [-0.05, 0) is 24.6 Å². The fourth-order valence-corrected chi connectivity index (χ4v) is 4.20. The molecule has 0 bridgehead atoms. The van der Waals surface area contributed by atoms with Crippen LogP contribution in [-0.2, 0) is 51.1 Å². The van der Waals surface area contributed by atoms with Crippen molar-refractivity contribution in [2.24, 2.45) is 5.73 Å². The Bertz CT molecular complexity index is 1450. The van der Waals surface area contributed by atoms with Gasteiger partial charge in [0.25, 0.3) is 5.91 Å². The monoisotopic (exact) mass is 636 g/mol. The topological polar surface area (TPSA) is 231 Å². The van der Waals surface area contributed by atoms with E-state index >= 15 is 0 Å². The molecule has 46 heavy (non-hydrogen) atoms. The number of nitrogens with two attached hydrogens (primary N) is 1. The molecule has 1 aromatic heterocycles. The van der Waals surface area contributed by atoms with E-state index in [1.54, 1.807) is 53.4 Å². The molecule has 1 aromatic carbocycles. The number of hydrogen-bond acceptors (Lipinski definition) is 9. The van der Waals surface area contributed by atoms with Gasteiger partial charge < -0.3 is 42.0 Å². The first kappa shape index (κ1) is 34.8. The number of pyridine rings is 1. The summed E-state index contributed by atoms with van der Waals surface area (Å²) in [6.45, 7) is -0.0973. The second kappa shape index (κ2) is 17.6. The van der Waals surface area contributed by atoms with Crippen molar-refractivity contribution in [1.82, 2.24) is 31.6 Å². The summed E-state index contributed by atoms with van der Waals surface area (Å²) in [5.74, 6) is -3.90. The number of rotatable bonds is 17. The van der Waals surface area contributed by atoms with Crippen molar-refractivity contribution < 1.29 is 38.3 Å². The van der Waals surface area contributed by atoms with Crippen LogP contribution in [0.3, 0.4) is 0 Å². The van der Waals surface area contributed by atoms with Gasteiger partial charge in [-0.2, -0.15) is 0 Å². The number of nitrogens with one attached hydrogen (secondary N) is 5. The molecule has 0 aliphatic carbocycles. The van der Waals surface area contributed by atoms with Gasteiger partial charge in [-0.3, -0.25) is 38.5 Å². The van der Waals surface area contributed by atoms with Crippen LogP contribution in [-0.4, -0.2) is 91.4 Å². The largest absolute Gasteiger partial charge is 0.368 e. The minimum absolute atomic E-state index is 0.0996. The van der Waals surface area contributed by atoms with Crippen LogP contribution in [0, 0.1) is 0 Å². The van der Waals surface area contributed by atoms with Gasteiger partial charge in [-0.15, -0.1) is 0 Å². The van der Waals surface area contributed by atoms with Crippen LogP contribution < -0.4 is 37.2 Å². The van der Waals surface area contributed by atoms with Crippen LogP contribution in [0.4, 0.5) is 5.69 Å². The molecule has 2 heterocycles. The molecule has 2 aromatic rings. The summed E-state index contributed by atoms with van der Waals surface area (Å²) < 4.78 is 4.83. The fraction of sp³-hybridized carbons (Fsp3) is 0.333. The normalized spacial score (nSPS) is 14.2. The summed E-state index contributed by atoms with van der Waals surface area (Å²) in [6.07, 6.45) is 4.76. The quantitative estimate of drug-likeness (QED) is 0.0799. The zero-order valence-corrected chi connectivity index (χ0v) is 25.1. The lowest BCUT2D eigenvalue weighted by molar-refractivity contribution is -0.131. The number of ether oxygens (including phenoxy) is 1. The summed E-state index contributed by atoms with van der Waals surface area (Å²) in [6, 6.07) is 11.0. The Morgan fingerprint density at radius 1 is 0.891 bits per heavy atom. The summed E-state index contributed by atoms with van der Waals surface area (Å²) in [7, 11) is 0. The number of amides is 7. The molecule has 7 amide bonds. The van der Waals surface area contributed by atoms with Crippen LogP contribution in [0.15, 0.2) is 60.8 Å². The van der Waals surface area contributed by atoms with E-state index in [9.17, 15) is 33.6 Å². The van der Waals surface area contributed by atoms with Crippen LogP contribution in [0.2, 0.25) is 0 Å². The van der Waals surface area contributed by atoms with Crippen molar-refractivity contribution in [1.29, 1.82) is 0 Å². The average molecular weight is 637 g/mol. The van der Waals surface area contributed by atoms with Gasteiger partial charge in [-0.25, -0.2) is 0 Å². The van der Waals surface area contributed by atoms with Crippen LogP contribution in [0.5, 0.6) is 0 Å². The summed E-state index contributed by atoms with van der Waals surface area (Å²) in [4.78, 5) is 90.4. The Kier molecular flexibility index (Phi) is 13.3. The van der Waals surface area contributed by atoms with E-state index in [1.165, 1.54) is 12.3 Å². The minimum Gasteiger partial charge on any atom is -0.368 e. The molecule has 0 radical (unpaired) electrons. The molecule has 16 nitrogen and oxygen atoms in total. The maximum absolute atomic E-state index is 12.8. The first-order valence-electron chi connectivity index (χ1n) is 14.2. The third-order valence-electron chi connectivity index (χ3n) is 6.46. The zero-order valence-electron chi connectivity index (χ0n) is 25.1. The molecule has 1 aliphatic heterocycles. The number of hydrogen-bond donors (Lipinski definition) is 6. The maximum atomic E-state index is 12.8. The average Bonchev–Trinajstić information content (AvgIpc) is 3.37. The Morgan fingerprint density at radius 3 is 2.22 bits per heavy atom. The number of carbonyl (C=O) groups is 7. The molecule has 1 unspecified atom stereocenters. The number of anilines is 1. The number of primary amides is 1. The van der Waals surface area contributed by atoms with Gasteiger partial charge in [0.2, 0.25) is 35.4 Å². The van der Waals surface area contributed by atoms with E-state index < -0.39 is 61.1 Å². The lowest BCUT2D eigenvalue weighted by atomic mass is 10.1. The third kappa shape index (κ3) is 11.8. The molecular formula is C30H36N8O8. The SMILES string of the molecule is CC1C=CC(=O)N1c1ccc(CC(=O)NCC(=O)NCC(=O)N[C@@H](Cc2ccccc2)C(=O)NCC(=O)NCOCC(N)=O)nc1. The maximum Gasteiger partial charge on any atom is 0.251 e. The van der Waals surface area contributed by atoms with Crippen LogP contribution >= 0.6 is 0 Å². The molecule has 0 saturated carbocycles. The Labute approximate surface area is 264 Å². The number of carbonyl (C=O) groups excluding carboxylic acids is 7. The Morgan fingerprint density at radius 2 is 1.57 bits per heavy atom. The van der Waals surface area contributed by atoms with Crippen LogP contribution in [0.25, 0.3) is 0 Å². The van der Waals surface area contributed by atoms with E-state index in [-0.39, 0.29) is 38.1 Å². The van der Waals surface area contributed by atoms with Crippen molar-refractivity contribution >= 4 is 47.0 Å². The van der Waals surface area contributed by atoms with Gasteiger partial charge in [0.15, 0.2) is 0 Å². The van der Waals surface area contributed by atoms with Gasteiger partial charge >= 0.3 is 0 Å². The molecule has 1 aliphatic rings. The highest BCUT2D eigenvalue weighted by molar-refractivity contribution is 6.04. The first-order valence-corrected chi connectivity index (χ1v) is 14.2.